The fraction of sp³-hybridized carbons (Fsp3) is 0.300. The van der Waals surface area contributed by atoms with E-state index in [0.29, 0.717) is 43.0 Å². The van der Waals surface area contributed by atoms with E-state index in [0.717, 1.165) is 4.47 Å². The minimum Gasteiger partial charge on any atom is -0.382 e. The standard InChI is InChI=1S/C20H20BrNO4/c1-25-10-11-26-16-12-22(13-16)20(24)18-5-3-2-4-17(18)19(23)14-6-8-15(21)9-7-14/h2-9,16H,10-13H2,1H3. The second-order valence-corrected chi connectivity index (χ2v) is 6.99. The molecule has 2 aromatic rings. The van der Waals surface area contributed by atoms with Crippen LogP contribution in [0.25, 0.3) is 0 Å². The molecule has 1 saturated heterocycles. The summed E-state index contributed by atoms with van der Waals surface area (Å²) in [6.45, 7) is 2.11. The van der Waals surface area contributed by atoms with Crippen LogP contribution in [0.3, 0.4) is 0 Å². The van der Waals surface area contributed by atoms with Crippen LogP contribution >= 0.6 is 15.9 Å². The van der Waals surface area contributed by atoms with Crippen molar-refractivity contribution in [3.05, 3.63) is 69.7 Å². The predicted octanol–water partition coefficient (Wildman–Crippen LogP) is 3.17. The lowest BCUT2D eigenvalue weighted by atomic mass is 9.96. The van der Waals surface area contributed by atoms with Gasteiger partial charge in [0.05, 0.1) is 24.9 Å². The molecule has 0 aromatic heterocycles. The first-order valence-corrected chi connectivity index (χ1v) is 9.18. The minimum atomic E-state index is -0.158. The van der Waals surface area contributed by atoms with Gasteiger partial charge in [-0.15, -0.1) is 0 Å². The molecule has 0 saturated carbocycles. The molecule has 0 N–H and O–H groups in total. The lowest BCUT2D eigenvalue weighted by Crippen LogP contribution is -2.55. The number of benzene rings is 2. The molecule has 1 heterocycles. The second kappa shape index (κ2) is 8.58. The molecule has 136 valence electrons. The Labute approximate surface area is 161 Å². The average molecular weight is 418 g/mol. The van der Waals surface area contributed by atoms with E-state index in [1.54, 1.807) is 48.4 Å². The lowest BCUT2D eigenvalue weighted by Gasteiger charge is -2.39. The van der Waals surface area contributed by atoms with Crippen LogP contribution < -0.4 is 0 Å². The highest BCUT2D eigenvalue weighted by molar-refractivity contribution is 9.10. The summed E-state index contributed by atoms with van der Waals surface area (Å²) in [5.74, 6) is -0.299. The highest BCUT2D eigenvalue weighted by atomic mass is 79.9. The molecule has 0 bridgehead atoms. The number of methoxy groups -OCH3 is 1. The van der Waals surface area contributed by atoms with E-state index in [-0.39, 0.29) is 17.8 Å². The first-order valence-electron chi connectivity index (χ1n) is 8.39. The summed E-state index contributed by atoms with van der Waals surface area (Å²) >= 11 is 3.36. The Morgan fingerprint density at radius 1 is 1.04 bits per heavy atom. The molecule has 0 aliphatic carbocycles. The number of halogens is 1. The van der Waals surface area contributed by atoms with Crippen molar-refractivity contribution in [2.45, 2.75) is 6.10 Å². The molecule has 26 heavy (non-hydrogen) atoms. The Balaban J connectivity index is 1.70. The van der Waals surface area contributed by atoms with Gasteiger partial charge >= 0.3 is 0 Å². The van der Waals surface area contributed by atoms with Gasteiger partial charge in [-0.2, -0.15) is 0 Å². The van der Waals surface area contributed by atoms with Crippen LogP contribution in [0.4, 0.5) is 0 Å². The average Bonchev–Trinajstić information content (AvgIpc) is 2.63. The quantitative estimate of drug-likeness (QED) is 0.512. The number of hydrogen-bond donors (Lipinski definition) is 0. The van der Waals surface area contributed by atoms with Gasteiger partial charge in [0, 0.05) is 35.8 Å². The molecule has 1 aliphatic rings. The smallest absolute Gasteiger partial charge is 0.254 e. The topological polar surface area (TPSA) is 55.8 Å². The zero-order valence-electron chi connectivity index (χ0n) is 14.5. The molecule has 0 spiro atoms. The molecule has 1 amide bonds. The van der Waals surface area contributed by atoms with Gasteiger partial charge in [0.15, 0.2) is 5.78 Å². The molecule has 0 unspecified atom stereocenters. The fourth-order valence-corrected chi connectivity index (χ4v) is 3.07. The SMILES string of the molecule is COCCOC1CN(C(=O)c2ccccc2C(=O)c2ccc(Br)cc2)C1. The van der Waals surface area contributed by atoms with E-state index in [2.05, 4.69) is 15.9 Å². The third-order valence-electron chi connectivity index (χ3n) is 4.28. The van der Waals surface area contributed by atoms with E-state index in [1.165, 1.54) is 0 Å². The summed E-state index contributed by atoms with van der Waals surface area (Å²) in [5, 5.41) is 0. The summed E-state index contributed by atoms with van der Waals surface area (Å²) in [6, 6.07) is 14.1. The van der Waals surface area contributed by atoms with Gasteiger partial charge in [-0.25, -0.2) is 0 Å². The Morgan fingerprint density at radius 3 is 2.35 bits per heavy atom. The number of ketones is 1. The molecular formula is C20H20BrNO4. The van der Waals surface area contributed by atoms with E-state index in [4.69, 9.17) is 9.47 Å². The molecule has 0 atom stereocenters. The van der Waals surface area contributed by atoms with Crippen LogP contribution in [-0.4, -0.2) is 56.1 Å². The van der Waals surface area contributed by atoms with Crippen LogP contribution in [-0.2, 0) is 9.47 Å². The number of carbonyl (C=O) groups excluding carboxylic acids is 2. The number of likely N-dealkylation sites (tertiary alicyclic amines) is 1. The van der Waals surface area contributed by atoms with Crippen molar-refractivity contribution in [3.8, 4) is 0 Å². The largest absolute Gasteiger partial charge is 0.382 e. The van der Waals surface area contributed by atoms with Crippen LogP contribution in [0, 0.1) is 0 Å². The zero-order chi connectivity index (χ0) is 18.5. The predicted molar refractivity (Wildman–Crippen MR) is 102 cm³/mol. The van der Waals surface area contributed by atoms with Gasteiger partial charge in [-0.05, 0) is 30.3 Å². The molecule has 1 aliphatic heterocycles. The Morgan fingerprint density at radius 2 is 1.69 bits per heavy atom. The van der Waals surface area contributed by atoms with Crippen molar-refractivity contribution >= 4 is 27.6 Å². The molecule has 0 radical (unpaired) electrons. The second-order valence-electron chi connectivity index (χ2n) is 6.08. The van der Waals surface area contributed by atoms with Crippen LogP contribution in [0.2, 0.25) is 0 Å². The highest BCUT2D eigenvalue weighted by Gasteiger charge is 2.33. The first kappa shape index (κ1) is 18.8. The molecule has 6 heteroatoms. The number of nitrogens with zero attached hydrogens (tertiary/aromatic N) is 1. The van der Waals surface area contributed by atoms with Crippen molar-refractivity contribution in [2.75, 3.05) is 33.4 Å². The number of amides is 1. The molecular weight excluding hydrogens is 398 g/mol. The normalized spacial score (nSPS) is 14.2. The van der Waals surface area contributed by atoms with E-state index >= 15 is 0 Å². The Hall–Kier alpha value is -2.02. The minimum absolute atomic E-state index is 0.0310. The molecule has 1 fully saturated rings. The molecule has 3 rings (SSSR count). The van der Waals surface area contributed by atoms with Gasteiger partial charge in [-0.3, -0.25) is 9.59 Å². The van der Waals surface area contributed by atoms with Gasteiger partial charge in [-0.1, -0.05) is 34.1 Å². The number of rotatable bonds is 7. The van der Waals surface area contributed by atoms with Gasteiger partial charge in [0.25, 0.3) is 5.91 Å². The van der Waals surface area contributed by atoms with Crippen LogP contribution in [0.5, 0.6) is 0 Å². The summed E-state index contributed by atoms with van der Waals surface area (Å²) in [6.07, 6.45) is 0.0310. The summed E-state index contributed by atoms with van der Waals surface area (Å²) in [5.41, 5.74) is 1.40. The summed E-state index contributed by atoms with van der Waals surface area (Å²) < 4.78 is 11.5. The summed E-state index contributed by atoms with van der Waals surface area (Å²) in [4.78, 5) is 27.3. The van der Waals surface area contributed by atoms with Crippen molar-refractivity contribution in [3.63, 3.8) is 0 Å². The van der Waals surface area contributed by atoms with E-state index in [1.807, 2.05) is 12.1 Å². The van der Waals surface area contributed by atoms with Crippen molar-refractivity contribution < 1.29 is 19.1 Å². The summed E-state index contributed by atoms with van der Waals surface area (Å²) in [7, 11) is 1.62. The lowest BCUT2D eigenvalue weighted by molar-refractivity contribution is -0.0555. The van der Waals surface area contributed by atoms with Gasteiger partial charge in [0.1, 0.15) is 0 Å². The fourth-order valence-electron chi connectivity index (χ4n) is 2.80. The monoisotopic (exact) mass is 417 g/mol. The maximum atomic E-state index is 12.8. The number of ether oxygens (including phenoxy) is 2. The Kier molecular flexibility index (Phi) is 6.19. The first-order chi connectivity index (χ1) is 12.6. The highest BCUT2D eigenvalue weighted by Crippen LogP contribution is 2.21. The zero-order valence-corrected chi connectivity index (χ0v) is 16.1. The van der Waals surface area contributed by atoms with Gasteiger partial charge in [0.2, 0.25) is 0 Å². The van der Waals surface area contributed by atoms with E-state index < -0.39 is 0 Å². The number of carbonyl (C=O) groups is 2. The van der Waals surface area contributed by atoms with Crippen molar-refractivity contribution in [1.29, 1.82) is 0 Å². The van der Waals surface area contributed by atoms with E-state index in [9.17, 15) is 9.59 Å². The van der Waals surface area contributed by atoms with Crippen LogP contribution in [0.1, 0.15) is 26.3 Å². The maximum Gasteiger partial charge on any atom is 0.254 e. The third kappa shape index (κ3) is 4.20. The maximum absolute atomic E-state index is 12.8. The van der Waals surface area contributed by atoms with Crippen molar-refractivity contribution in [1.82, 2.24) is 4.90 Å². The van der Waals surface area contributed by atoms with Crippen LogP contribution in [0.15, 0.2) is 53.0 Å². The molecule has 2 aromatic carbocycles. The van der Waals surface area contributed by atoms with Gasteiger partial charge < -0.3 is 14.4 Å². The number of hydrogen-bond acceptors (Lipinski definition) is 4. The molecule has 5 nitrogen and oxygen atoms in total. The van der Waals surface area contributed by atoms with Crippen molar-refractivity contribution in [2.24, 2.45) is 0 Å². The Bertz CT molecular complexity index is 785. The third-order valence-corrected chi connectivity index (χ3v) is 4.81.